The molecule has 3 aromatic rings. The Morgan fingerprint density at radius 1 is 1.08 bits per heavy atom. The summed E-state index contributed by atoms with van der Waals surface area (Å²) < 4.78 is 0. The van der Waals surface area contributed by atoms with Gasteiger partial charge in [0.2, 0.25) is 5.91 Å². The first kappa shape index (κ1) is 24.9. The van der Waals surface area contributed by atoms with E-state index in [1.807, 2.05) is 74.8 Å². The minimum Gasteiger partial charge on any atom is -0.395 e. The minimum absolute atomic E-state index is 0.148. The second kappa shape index (κ2) is 11.5. The molecule has 0 aromatic heterocycles. The number of nitrogens with zero attached hydrogens (tertiary/aromatic N) is 2. The number of rotatable bonds is 7. The van der Waals surface area contributed by atoms with Gasteiger partial charge in [0.05, 0.1) is 18.0 Å². The van der Waals surface area contributed by atoms with E-state index in [-0.39, 0.29) is 19.1 Å². The number of aliphatic hydroxyl groups is 1. The van der Waals surface area contributed by atoms with E-state index in [1.165, 1.54) is 5.56 Å². The molecule has 4 rings (SSSR count). The third-order valence-electron chi connectivity index (χ3n) is 5.63. The minimum atomic E-state index is -0.585. The van der Waals surface area contributed by atoms with E-state index in [1.54, 1.807) is 12.1 Å². The van der Waals surface area contributed by atoms with Crippen molar-refractivity contribution in [2.75, 3.05) is 32.6 Å². The molecule has 2 amide bonds. The average molecular weight is 481 g/mol. The van der Waals surface area contributed by atoms with E-state index in [4.69, 9.17) is 10.1 Å². The summed E-state index contributed by atoms with van der Waals surface area (Å²) in [4.78, 5) is 31.9. The number of anilines is 1. The summed E-state index contributed by atoms with van der Waals surface area (Å²) >= 11 is 0. The molecule has 0 saturated carbocycles. The van der Waals surface area contributed by atoms with Crippen LogP contribution in [0, 0.1) is 11.8 Å². The number of hydrogen-bond donors (Lipinski definition) is 3. The van der Waals surface area contributed by atoms with Crippen molar-refractivity contribution < 1.29 is 14.7 Å². The van der Waals surface area contributed by atoms with Gasteiger partial charge < -0.3 is 20.6 Å². The molecule has 182 valence electrons. The Morgan fingerprint density at radius 2 is 1.83 bits per heavy atom. The van der Waals surface area contributed by atoms with Gasteiger partial charge in [-0.1, -0.05) is 54.5 Å². The Bertz CT molecular complexity index is 1340. The quantitative estimate of drug-likeness (QED) is 0.358. The summed E-state index contributed by atoms with van der Waals surface area (Å²) in [5.41, 5.74) is 5.54. The molecule has 36 heavy (non-hydrogen) atoms. The molecule has 3 aromatic carbocycles. The maximum absolute atomic E-state index is 13.2. The molecule has 1 unspecified atom stereocenters. The Morgan fingerprint density at radius 3 is 2.53 bits per heavy atom. The van der Waals surface area contributed by atoms with Gasteiger partial charge in [-0.05, 0) is 55.1 Å². The number of benzene rings is 3. The first-order valence-electron chi connectivity index (χ1n) is 11.7. The smallest absolute Gasteiger partial charge is 0.296 e. The number of nitrogens with one attached hydrogen (secondary N) is 2. The summed E-state index contributed by atoms with van der Waals surface area (Å²) in [6, 6.07) is 23.1. The molecule has 7 nitrogen and oxygen atoms in total. The van der Waals surface area contributed by atoms with Crippen LogP contribution in [0.15, 0.2) is 77.8 Å². The summed E-state index contributed by atoms with van der Waals surface area (Å²) in [6.07, 6.45) is 0. The van der Waals surface area contributed by atoms with Crippen molar-refractivity contribution in [3.63, 3.8) is 0 Å². The third kappa shape index (κ3) is 6.05. The van der Waals surface area contributed by atoms with E-state index in [9.17, 15) is 9.59 Å². The van der Waals surface area contributed by atoms with Gasteiger partial charge in [-0.15, -0.1) is 0 Å². The van der Waals surface area contributed by atoms with Crippen LogP contribution in [-0.4, -0.2) is 54.8 Å². The molecule has 1 atom stereocenters. The van der Waals surface area contributed by atoms with Gasteiger partial charge >= 0.3 is 0 Å². The Kier molecular flexibility index (Phi) is 7.91. The highest BCUT2D eigenvalue weighted by Crippen LogP contribution is 2.36. The van der Waals surface area contributed by atoms with Crippen molar-refractivity contribution in [1.29, 1.82) is 0 Å². The maximum Gasteiger partial charge on any atom is 0.296 e. The summed E-state index contributed by atoms with van der Waals surface area (Å²) in [7, 11) is 4.05. The van der Waals surface area contributed by atoms with Gasteiger partial charge in [-0.2, -0.15) is 0 Å². The highest BCUT2D eigenvalue weighted by molar-refractivity contribution is 6.24. The Hall–Kier alpha value is -4.25. The van der Waals surface area contributed by atoms with Crippen LogP contribution in [0.5, 0.6) is 0 Å². The summed E-state index contributed by atoms with van der Waals surface area (Å²) in [5.74, 6) is 4.08. The van der Waals surface area contributed by atoms with Crippen LogP contribution < -0.4 is 10.6 Å². The van der Waals surface area contributed by atoms with Gasteiger partial charge in [-0.25, -0.2) is 0 Å². The zero-order chi connectivity index (χ0) is 25.5. The molecule has 1 aliphatic heterocycles. The lowest BCUT2D eigenvalue weighted by molar-refractivity contribution is -0.116. The summed E-state index contributed by atoms with van der Waals surface area (Å²) in [6.45, 7) is 0.836. The van der Waals surface area contributed by atoms with Crippen LogP contribution in [-0.2, 0) is 16.1 Å². The largest absolute Gasteiger partial charge is 0.395 e. The second-order valence-electron chi connectivity index (χ2n) is 8.72. The molecule has 1 heterocycles. The van der Waals surface area contributed by atoms with Crippen molar-refractivity contribution in [3.05, 3.63) is 95.1 Å². The standard InChI is InChI=1S/C29H28N4O3/c1-33(2)19-21-8-12-23(13-9-21)31-28(22-6-4-3-5-7-22)27-24-14-10-20(18-25(24)32-29(27)36)11-15-26(35)30-16-17-34/h3-10,12-14,18,27,34H,16-17,19H2,1-2H3,(H,30,35)(H,32,36). The highest BCUT2D eigenvalue weighted by Gasteiger charge is 2.35. The second-order valence-corrected chi connectivity index (χ2v) is 8.72. The first-order valence-corrected chi connectivity index (χ1v) is 11.7. The molecular formula is C29H28N4O3. The molecule has 0 bridgehead atoms. The third-order valence-corrected chi connectivity index (χ3v) is 5.63. The SMILES string of the molecule is CN(C)Cc1ccc(N=C(c2ccccc2)C2C(=O)Nc3cc(C#CC(=O)NCCO)ccc32)cc1. The predicted molar refractivity (Wildman–Crippen MR) is 141 cm³/mol. The lowest BCUT2D eigenvalue weighted by Crippen LogP contribution is -2.24. The van der Waals surface area contributed by atoms with Gasteiger partial charge in [0, 0.05) is 30.3 Å². The average Bonchev–Trinajstić information content (AvgIpc) is 3.20. The van der Waals surface area contributed by atoms with E-state index < -0.39 is 11.8 Å². The molecule has 1 aliphatic rings. The monoisotopic (exact) mass is 480 g/mol. The number of aliphatic hydroxyl groups excluding tert-OH is 1. The zero-order valence-electron chi connectivity index (χ0n) is 20.3. The van der Waals surface area contributed by atoms with Gasteiger partial charge in [0.15, 0.2) is 0 Å². The van der Waals surface area contributed by atoms with Crippen molar-refractivity contribution in [2.45, 2.75) is 12.5 Å². The van der Waals surface area contributed by atoms with E-state index in [2.05, 4.69) is 27.4 Å². The maximum atomic E-state index is 13.2. The molecule has 3 N–H and O–H groups in total. The Balaban J connectivity index is 1.68. The van der Waals surface area contributed by atoms with Crippen LogP contribution in [0.25, 0.3) is 0 Å². The Labute approximate surface area is 210 Å². The molecule has 0 radical (unpaired) electrons. The lowest BCUT2D eigenvalue weighted by Gasteiger charge is -2.14. The van der Waals surface area contributed by atoms with Gasteiger partial charge in [0.25, 0.3) is 5.91 Å². The summed E-state index contributed by atoms with van der Waals surface area (Å²) in [5, 5.41) is 14.2. The number of fused-ring (bicyclic) bond motifs is 1. The van der Waals surface area contributed by atoms with Crippen LogP contribution in [0.1, 0.15) is 28.2 Å². The first-order chi connectivity index (χ1) is 17.4. The topological polar surface area (TPSA) is 94.0 Å². The van der Waals surface area contributed by atoms with Crippen molar-refractivity contribution in [1.82, 2.24) is 10.2 Å². The molecule has 0 saturated heterocycles. The fourth-order valence-corrected chi connectivity index (χ4v) is 4.04. The molecule has 0 fully saturated rings. The number of amides is 2. The molecule has 0 spiro atoms. The van der Waals surface area contributed by atoms with Gasteiger partial charge in [0.1, 0.15) is 5.92 Å². The van der Waals surface area contributed by atoms with Crippen LogP contribution in [0.4, 0.5) is 11.4 Å². The fourth-order valence-electron chi connectivity index (χ4n) is 4.04. The number of carbonyl (C=O) groups excluding carboxylic acids is 2. The van der Waals surface area contributed by atoms with Crippen molar-refractivity contribution >= 4 is 28.9 Å². The van der Waals surface area contributed by atoms with Gasteiger partial charge in [-0.3, -0.25) is 14.6 Å². The van der Waals surface area contributed by atoms with E-state index in [0.717, 1.165) is 23.4 Å². The van der Waals surface area contributed by atoms with Crippen LogP contribution in [0.2, 0.25) is 0 Å². The fraction of sp³-hybridized carbons (Fsp3) is 0.207. The zero-order valence-corrected chi connectivity index (χ0v) is 20.3. The van der Waals surface area contributed by atoms with E-state index >= 15 is 0 Å². The normalized spacial score (nSPS) is 14.6. The lowest BCUT2D eigenvalue weighted by atomic mass is 9.90. The van der Waals surface area contributed by atoms with Crippen LogP contribution >= 0.6 is 0 Å². The number of hydrogen-bond acceptors (Lipinski definition) is 5. The van der Waals surface area contributed by atoms with Crippen molar-refractivity contribution in [3.8, 4) is 11.8 Å². The van der Waals surface area contributed by atoms with Crippen molar-refractivity contribution in [2.24, 2.45) is 4.99 Å². The number of aliphatic imine (C=N–C) groups is 1. The molecule has 7 heteroatoms. The molecule has 0 aliphatic carbocycles. The number of carbonyl (C=O) groups is 2. The molecular weight excluding hydrogens is 452 g/mol. The van der Waals surface area contributed by atoms with Crippen LogP contribution in [0.3, 0.4) is 0 Å². The highest BCUT2D eigenvalue weighted by atomic mass is 16.3. The van der Waals surface area contributed by atoms with E-state index in [0.29, 0.717) is 17.0 Å². The predicted octanol–water partition coefficient (Wildman–Crippen LogP) is 3.06.